The van der Waals surface area contributed by atoms with Gasteiger partial charge in [0.1, 0.15) is 29.4 Å². The van der Waals surface area contributed by atoms with E-state index in [2.05, 4.69) is 10.1 Å². The smallest absolute Gasteiger partial charge is 0.259 e. The number of aryl methyl sites for hydroxylation is 2. The summed E-state index contributed by atoms with van der Waals surface area (Å²) in [5.41, 5.74) is 1.59. The zero-order valence-electron chi connectivity index (χ0n) is 22.7. The molecule has 3 aliphatic heterocycles. The van der Waals surface area contributed by atoms with Crippen LogP contribution in [0.5, 0.6) is 11.5 Å². The van der Waals surface area contributed by atoms with Gasteiger partial charge in [0.2, 0.25) is 0 Å². The Hall–Kier alpha value is -3.88. The molecule has 0 aliphatic carbocycles. The van der Waals surface area contributed by atoms with Crippen LogP contribution < -0.4 is 9.47 Å². The average molecular weight is 533 g/mol. The molecule has 3 aromatic rings. The van der Waals surface area contributed by atoms with Crippen molar-refractivity contribution in [3.05, 3.63) is 71.4 Å². The summed E-state index contributed by atoms with van der Waals surface area (Å²) in [5, 5.41) is 3.97. The van der Waals surface area contributed by atoms with Crippen molar-refractivity contribution in [2.75, 3.05) is 39.4 Å². The summed E-state index contributed by atoms with van der Waals surface area (Å²) in [6.45, 7) is 6.72. The molecule has 0 saturated carbocycles. The summed E-state index contributed by atoms with van der Waals surface area (Å²) in [6.07, 6.45) is 7.91. The fourth-order valence-electron chi connectivity index (χ4n) is 5.59. The fourth-order valence-corrected chi connectivity index (χ4v) is 5.59. The standard InChI is InChI=1S/C30H36N4O5/c1-22-27(23(2)39-32-22)29(36)33-15-6-5-11-30(21-38-24-8-7-14-31-20-24)12-16-34(17-13-30)28(35)25-9-3-4-10-26(25)37-19-18-33/h3-4,7-10,14,20H,5-6,11-13,15-19,21H2,1-2H3. The SMILES string of the molecule is Cc1noc(C)c1C(=O)N1CCCCC2(COc3cccnc3)CCN(CC2)C(=O)c2ccccc2OCC1. The van der Waals surface area contributed by atoms with Gasteiger partial charge >= 0.3 is 0 Å². The van der Waals surface area contributed by atoms with Crippen molar-refractivity contribution < 1.29 is 23.6 Å². The van der Waals surface area contributed by atoms with Gasteiger partial charge in [0.25, 0.3) is 11.8 Å². The van der Waals surface area contributed by atoms with Gasteiger partial charge in [-0.15, -0.1) is 0 Å². The zero-order chi connectivity index (χ0) is 27.2. The summed E-state index contributed by atoms with van der Waals surface area (Å²) in [5.74, 6) is 1.68. The fraction of sp³-hybridized carbons (Fsp3) is 0.467. The number of nitrogens with zero attached hydrogens (tertiary/aromatic N) is 4. The second-order valence-corrected chi connectivity index (χ2v) is 10.6. The third-order valence-electron chi connectivity index (χ3n) is 7.95. The molecule has 2 amide bonds. The topological polar surface area (TPSA) is 98.0 Å². The summed E-state index contributed by atoms with van der Waals surface area (Å²) in [7, 11) is 0. The molecule has 2 bridgehead atoms. The van der Waals surface area contributed by atoms with Crippen molar-refractivity contribution in [3.63, 3.8) is 0 Å². The highest BCUT2D eigenvalue weighted by atomic mass is 16.5. The number of carbonyl (C=O) groups is 2. The number of hydrogen-bond donors (Lipinski definition) is 0. The van der Waals surface area contributed by atoms with Crippen LogP contribution in [-0.2, 0) is 0 Å². The van der Waals surface area contributed by atoms with Gasteiger partial charge < -0.3 is 23.8 Å². The van der Waals surface area contributed by atoms with Crippen LogP contribution in [0.25, 0.3) is 0 Å². The lowest BCUT2D eigenvalue weighted by molar-refractivity contribution is 0.0358. The zero-order valence-corrected chi connectivity index (χ0v) is 22.7. The van der Waals surface area contributed by atoms with Crippen molar-refractivity contribution in [3.8, 4) is 11.5 Å². The van der Waals surface area contributed by atoms with Crippen molar-refractivity contribution >= 4 is 11.8 Å². The highest BCUT2D eigenvalue weighted by molar-refractivity contribution is 5.97. The predicted molar refractivity (Wildman–Crippen MR) is 145 cm³/mol. The van der Waals surface area contributed by atoms with Crippen LogP contribution in [0.15, 0.2) is 53.3 Å². The maximum absolute atomic E-state index is 13.5. The molecule has 2 aromatic heterocycles. The van der Waals surface area contributed by atoms with Crippen LogP contribution in [-0.4, -0.2) is 71.1 Å². The molecule has 1 fully saturated rings. The van der Waals surface area contributed by atoms with E-state index in [0.29, 0.717) is 61.1 Å². The van der Waals surface area contributed by atoms with Gasteiger partial charge in [-0.25, -0.2) is 0 Å². The molecule has 1 saturated heterocycles. The van der Waals surface area contributed by atoms with E-state index in [1.807, 2.05) is 46.2 Å². The van der Waals surface area contributed by atoms with Gasteiger partial charge in [0, 0.05) is 31.2 Å². The second kappa shape index (κ2) is 11.9. The summed E-state index contributed by atoms with van der Waals surface area (Å²) in [6, 6.07) is 11.2. The van der Waals surface area contributed by atoms with E-state index >= 15 is 0 Å². The van der Waals surface area contributed by atoms with Crippen molar-refractivity contribution in [2.45, 2.75) is 46.0 Å². The maximum Gasteiger partial charge on any atom is 0.259 e. The van der Waals surface area contributed by atoms with Crippen molar-refractivity contribution in [1.29, 1.82) is 0 Å². The van der Waals surface area contributed by atoms with Gasteiger partial charge in [-0.3, -0.25) is 14.6 Å². The Morgan fingerprint density at radius 2 is 1.85 bits per heavy atom. The molecule has 9 nitrogen and oxygen atoms in total. The number of piperidine rings is 1. The minimum absolute atomic E-state index is 0.0223. The van der Waals surface area contributed by atoms with Gasteiger partial charge in [-0.2, -0.15) is 0 Å². The normalized spacial score (nSPS) is 18.1. The minimum atomic E-state index is -0.106. The molecule has 6 rings (SSSR count). The predicted octanol–water partition coefficient (Wildman–Crippen LogP) is 4.69. The molecule has 5 heterocycles. The number of amides is 2. The summed E-state index contributed by atoms with van der Waals surface area (Å²) < 4.78 is 17.6. The third kappa shape index (κ3) is 6.08. The molecule has 1 aromatic carbocycles. The molecule has 206 valence electrons. The molecule has 3 aliphatic rings. The van der Waals surface area contributed by atoms with E-state index in [-0.39, 0.29) is 23.8 Å². The second-order valence-electron chi connectivity index (χ2n) is 10.6. The van der Waals surface area contributed by atoms with Crippen LogP contribution in [0.4, 0.5) is 0 Å². The molecule has 0 atom stereocenters. The first-order valence-electron chi connectivity index (χ1n) is 13.7. The largest absolute Gasteiger partial charge is 0.491 e. The Labute approximate surface area is 229 Å². The van der Waals surface area contributed by atoms with E-state index in [1.165, 1.54) is 0 Å². The molecule has 0 unspecified atom stereocenters. The monoisotopic (exact) mass is 532 g/mol. The van der Waals surface area contributed by atoms with Crippen LogP contribution in [0.3, 0.4) is 0 Å². The number of aromatic nitrogens is 2. The number of ether oxygens (including phenoxy) is 2. The van der Waals surface area contributed by atoms with E-state index in [9.17, 15) is 9.59 Å². The third-order valence-corrected chi connectivity index (χ3v) is 7.95. The quantitative estimate of drug-likeness (QED) is 0.481. The number of pyridine rings is 1. The van der Waals surface area contributed by atoms with E-state index < -0.39 is 0 Å². The van der Waals surface area contributed by atoms with Gasteiger partial charge in [0.15, 0.2) is 0 Å². The van der Waals surface area contributed by atoms with Gasteiger partial charge in [-0.1, -0.05) is 23.7 Å². The van der Waals surface area contributed by atoms with Crippen LogP contribution in [0.2, 0.25) is 0 Å². The van der Waals surface area contributed by atoms with E-state index in [1.54, 1.807) is 26.2 Å². The highest BCUT2D eigenvalue weighted by Crippen LogP contribution is 2.38. The number of fused-ring (bicyclic) bond motifs is 9. The molecule has 9 heteroatoms. The molecule has 39 heavy (non-hydrogen) atoms. The lowest BCUT2D eigenvalue weighted by atomic mass is 9.75. The Bertz CT molecular complexity index is 1260. The summed E-state index contributed by atoms with van der Waals surface area (Å²) >= 11 is 0. The number of benzene rings is 1. The van der Waals surface area contributed by atoms with Crippen molar-refractivity contribution in [1.82, 2.24) is 19.9 Å². The van der Waals surface area contributed by atoms with Crippen molar-refractivity contribution in [2.24, 2.45) is 5.41 Å². The maximum atomic E-state index is 13.5. The van der Waals surface area contributed by atoms with E-state index in [4.69, 9.17) is 14.0 Å². The lowest BCUT2D eigenvalue weighted by Crippen LogP contribution is -2.45. The Kier molecular flexibility index (Phi) is 8.14. The Morgan fingerprint density at radius 3 is 2.59 bits per heavy atom. The highest BCUT2D eigenvalue weighted by Gasteiger charge is 2.37. The Balaban J connectivity index is 1.38. The Morgan fingerprint density at radius 1 is 1.03 bits per heavy atom. The minimum Gasteiger partial charge on any atom is -0.491 e. The number of carbonyl (C=O) groups excluding carboxylic acids is 2. The van der Waals surface area contributed by atoms with Gasteiger partial charge in [-0.05, 0) is 63.8 Å². The van der Waals surface area contributed by atoms with E-state index in [0.717, 1.165) is 37.9 Å². The van der Waals surface area contributed by atoms with Gasteiger partial charge in [0.05, 0.1) is 30.6 Å². The van der Waals surface area contributed by atoms with Crippen LogP contribution in [0.1, 0.15) is 64.3 Å². The molecule has 0 radical (unpaired) electrons. The molecular formula is C30H36N4O5. The van der Waals surface area contributed by atoms with Crippen LogP contribution in [0, 0.1) is 19.3 Å². The first-order chi connectivity index (χ1) is 19.0. The number of rotatable bonds is 4. The first kappa shape index (κ1) is 26.7. The number of para-hydroxylation sites is 1. The lowest BCUT2D eigenvalue weighted by Gasteiger charge is -2.42. The first-order valence-corrected chi connectivity index (χ1v) is 13.7. The summed E-state index contributed by atoms with van der Waals surface area (Å²) in [4.78, 5) is 35.0. The number of hydrogen-bond acceptors (Lipinski definition) is 7. The molecule has 0 N–H and O–H groups in total. The average Bonchev–Trinajstić information content (AvgIpc) is 3.30. The molecule has 0 spiro atoms. The molecular weight excluding hydrogens is 496 g/mol. The van der Waals surface area contributed by atoms with Crippen LogP contribution >= 0.6 is 0 Å².